The number of hydrogen-bond donors (Lipinski definition) is 1. The minimum atomic E-state index is 0.284. The molecule has 0 amide bonds. The largest absolute Gasteiger partial charge is 0.488 e. The highest BCUT2D eigenvalue weighted by Gasteiger charge is 2.37. The number of hydrogen-bond acceptors (Lipinski definition) is 3. The Morgan fingerprint density at radius 2 is 1.71 bits per heavy atom. The van der Waals surface area contributed by atoms with Gasteiger partial charge in [-0.15, -0.1) is 0 Å². The van der Waals surface area contributed by atoms with Gasteiger partial charge in [0.2, 0.25) is 0 Å². The highest BCUT2D eigenvalue weighted by molar-refractivity contribution is 9.10. The lowest BCUT2D eigenvalue weighted by Crippen LogP contribution is -2.29. The Morgan fingerprint density at radius 1 is 0.921 bits per heavy atom. The Hall–Kier alpha value is -3.15. The summed E-state index contributed by atoms with van der Waals surface area (Å²) in [5.41, 5.74) is 8.26. The van der Waals surface area contributed by atoms with E-state index in [4.69, 9.17) is 9.73 Å². The van der Waals surface area contributed by atoms with Gasteiger partial charge in [-0.25, -0.2) is 0 Å². The van der Waals surface area contributed by atoms with E-state index in [2.05, 4.69) is 111 Å². The summed E-state index contributed by atoms with van der Waals surface area (Å²) in [7, 11) is 0. The third-order valence-electron chi connectivity index (χ3n) is 7.40. The quantitative estimate of drug-likeness (QED) is 0.170. The average molecular weight is 628 g/mol. The van der Waals surface area contributed by atoms with E-state index in [9.17, 15) is 0 Å². The first kappa shape index (κ1) is 25.1. The lowest BCUT2D eigenvalue weighted by Gasteiger charge is -2.37. The Morgan fingerprint density at radius 3 is 2.53 bits per heavy atom. The fraction of sp³-hybridized carbons (Fsp3) is 0.182. The molecule has 0 saturated carbocycles. The number of anilines is 1. The van der Waals surface area contributed by atoms with E-state index < -0.39 is 0 Å². The smallest absolute Gasteiger partial charge is 0.128 e. The van der Waals surface area contributed by atoms with Gasteiger partial charge in [-0.3, -0.25) is 4.99 Å². The van der Waals surface area contributed by atoms with E-state index in [1.54, 1.807) is 0 Å². The molecule has 4 aromatic carbocycles. The second-order valence-corrected chi connectivity index (χ2v) is 11.8. The summed E-state index contributed by atoms with van der Waals surface area (Å²) in [5, 5.41) is 3.83. The zero-order chi connectivity index (χ0) is 26.1. The molecule has 190 valence electrons. The van der Waals surface area contributed by atoms with Crippen molar-refractivity contribution >= 4 is 49.4 Å². The fourth-order valence-corrected chi connectivity index (χ4v) is 6.09. The topological polar surface area (TPSA) is 33.6 Å². The van der Waals surface area contributed by atoms with Crippen LogP contribution in [0.5, 0.6) is 5.75 Å². The van der Waals surface area contributed by atoms with Gasteiger partial charge in [0.05, 0.1) is 11.7 Å². The van der Waals surface area contributed by atoms with Crippen molar-refractivity contribution in [2.75, 3.05) is 5.32 Å². The van der Waals surface area contributed by atoms with E-state index >= 15 is 0 Å². The van der Waals surface area contributed by atoms with Gasteiger partial charge >= 0.3 is 0 Å². The van der Waals surface area contributed by atoms with Crippen molar-refractivity contribution in [1.82, 2.24) is 0 Å². The van der Waals surface area contributed by atoms with Gasteiger partial charge in [-0.05, 0) is 84.5 Å². The van der Waals surface area contributed by atoms with Crippen LogP contribution in [0.1, 0.15) is 46.2 Å². The summed E-state index contributed by atoms with van der Waals surface area (Å²) < 4.78 is 8.19. The molecule has 0 saturated heterocycles. The molecule has 1 heterocycles. The van der Waals surface area contributed by atoms with Crippen LogP contribution < -0.4 is 10.1 Å². The summed E-state index contributed by atoms with van der Waals surface area (Å²) in [6, 6.07) is 29.9. The summed E-state index contributed by atoms with van der Waals surface area (Å²) in [6.07, 6.45) is 7.71. The molecular weight excluding hydrogens is 600 g/mol. The van der Waals surface area contributed by atoms with Crippen LogP contribution in [0.15, 0.2) is 111 Å². The number of halogens is 2. The first-order valence-electron chi connectivity index (χ1n) is 12.9. The van der Waals surface area contributed by atoms with Gasteiger partial charge < -0.3 is 10.1 Å². The van der Waals surface area contributed by atoms with Gasteiger partial charge in [0.1, 0.15) is 12.4 Å². The van der Waals surface area contributed by atoms with Crippen LogP contribution in [0.4, 0.5) is 11.4 Å². The zero-order valence-corrected chi connectivity index (χ0v) is 24.2. The number of aryl methyl sites for hydroxylation is 1. The van der Waals surface area contributed by atoms with E-state index in [0.717, 1.165) is 37.9 Å². The van der Waals surface area contributed by atoms with Crippen LogP contribution in [0.2, 0.25) is 0 Å². The fourth-order valence-electron chi connectivity index (χ4n) is 5.45. The van der Waals surface area contributed by atoms with Gasteiger partial charge in [-0.1, -0.05) is 86.0 Å². The van der Waals surface area contributed by atoms with E-state index in [1.807, 2.05) is 36.5 Å². The molecule has 5 heteroatoms. The number of rotatable bonds is 6. The summed E-state index contributed by atoms with van der Waals surface area (Å²) in [4.78, 5) is 4.78. The number of aliphatic imine (C=N–C) groups is 1. The third-order valence-corrected chi connectivity index (χ3v) is 8.42. The SMILES string of the molecule is Cc1ccc2c(c1)[C@@H]1C=CC[C@H]1[C@H](c1ccc(N=Cc3cc(Br)ccc3OCc3ccc(Br)cc3)cc1)N2. The molecule has 1 N–H and O–H groups in total. The van der Waals surface area contributed by atoms with Crippen LogP contribution in [0, 0.1) is 12.8 Å². The number of allylic oxidation sites excluding steroid dienone is 2. The number of nitrogens with one attached hydrogen (secondary N) is 1. The minimum Gasteiger partial charge on any atom is -0.488 e. The predicted molar refractivity (Wildman–Crippen MR) is 164 cm³/mol. The molecule has 0 bridgehead atoms. The summed E-state index contributed by atoms with van der Waals surface area (Å²) >= 11 is 7.07. The molecule has 6 rings (SSSR count). The normalized spacial score (nSPS) is 19.7. The molecular formula is C33H28Br2N2O. The Bertz CT molecular complexity index is 1510. The van der Waals surface area contributed by atoms with Gasteiger partial charge in [0, 0.05) is 32.3 Å². The Balaban J connectivity index is 1.19. The number of nitrogens with zero attached hydrogens (tertiary/aromatic N) is 1. The molecule has 0 spiro atoms. The monoisotopic (exact) mass is 626 g/mol. The van der Waals surface area contributed by atoms with E-state index in [-0.39, 0.29) is 6.04 Å². The third kappa shape index (κ3) is 5.36. The Labute approximate surface area is 240 Å². The van der Waals surface area contributed by atoms with Crippen LogP contribution in [0.25, 0.3) is 0 Å². The summed E-state index contributed by atoms with van der Waals surface area (Å²) in [6.45, 7) is 2.67. The van der Waals surface area contributed by atoms with Gasteiger partial charge in [-0.2, -0.15) is 0 Å². The molecule has 3 atom stereocenters. The maximum atomic E-state index is 6.14. The Kier molecular flexibility index (Phi) is 7.22. The first-order valence-corrected chi connectivity index (χ1v) is 14.5. The number of ether oxygens (including phenoxy) is 1. The second kappa shape index (κ2) is 10.9. The maximum absolute atomic E-state index is 6.14. The van der Waals surface area contributed by atoms with Crippen molar-refractivity contribution in [3.05, 3.63) is 134 Å². The molecule has 1 aliphatic heterocycles. The molecule has 0 aromatic heterocycles. The van der Waals surface area contributed by atoms with Crippen molar-refractivity contribution in [3.63, 3.8) is 0 Å². The lowest BCUT2D eigenvalue weighted by atomic mass is 9.76. The minimum absolute atomic E-state index is 0.284. The van der Waals surface area contributed by atoms with Crippen molar-refractivity contribution in [2.45, 2.75) is 31.9 Å². The lowest BCUT2D eigenvalue weighted by molar-refractivity contribution is 0.306. The van der Waals surface area contributed by atoms with Crippen LogP contribution in [-0.4, -0.2) is 6.21 Å². The number of fused-ring (bicyclic) bond motifs is 3. The molecule has 0 radical (unpaired) electrons. The molecule has 0 unspecified atom stereocenters. The zero-order valence-electron chi connectivity index (χ0n) is 21.1. The highest BCUT2D eigenvalue weighted by Crippen LogP contribution is 2.50. The van der Waals surface area contributed by atoms with E-state index in [0.29, 0.717) is 18.4 Å². The predicted octanol–water partition coefficient (Wildman–Crippen LogP) is 9.68. The standard InChI is InChI=1S/C33H28Br2N2O/c1-21-5-15-31-30(17-21)28-3-2-4-29(28)33(37-31)23-8-13-27(14-9-23)36-19-24-18-26(35)12-16-32(24)38-20-22-6-10-25(34)11-7-22/h2-3,5-19,28-29,33,37H,4,20H2,1H3/t28-,29-,33+/m1/s1. The average Bonchev–Trinajstić information content (AvgIpc) is 3.43. The van der Waals surface area contributed by atoms with Crippen LogP contribution >= 0.6 is 31.9 Å². The van der Waals surface area contributed by atoms with Gasteiger partial charge in [0.25, 0.3) is 0 Å². The molecule has 0 fully saturated rings. The van der Waals surface area contributed by atoms with Crippen molar-refractivity contribution < 1.29 is 4.74 Å². The molecule has 1 aliphatic carbocycles. The number of benzene rings is 4. The molecule has 2 aliphatic rings. The molecule has 4 aromatic rings. The molecule has 3 nitrogen and oxygen atoms in total. The van der Waals surface area contributed by atoms with Crippen LogP contribution in [-0.2, 0) is 6.61 Å². The second-order valence-electron chi connectivity index (χ2n) is 10.0. The highest BCUT2D eigenvalue weighted by atomic mass is 79.9. The maximum Gasteiger partial charge on any atom is 0.128 e. The van der Waals surface area contributed by atoms with E-state index in [1.165, 1.54) is 22.4 Å². The van der Waals surface area contributed by atoms with Crippen molar-refractivity contribution in [1.29, 1.82) is 0 Å². The van der Waals surface area contributed by atoms with Crippen molar-refractivity contribution in [2.24, 2.45) is 10.9 Å². The molecule has 38 heavy (non-hydrogen) atoms. The summed E-state index contributed by atoms with van der Waals surface area (Å²) in [5.74, 6) is 1.81. The van der Waals surface area contributed by atoms with Crippen molar-refractivity contribution in [3.8, 4) is 5.75 Å². The van der Waals surface area contributed by atoms with Crippen LogP contribution in [0.3, 0.4) is 0 Å². The van der Waals surface area contributed by atoms with Gasteiger partial charge in [0.15, 0.2) is 0 Å². The first-order chi connectivity index (χ1) is 18.5.